The standard InChI is InChI=1S/C14H17N3/c1-10-9-13(11-7-8-11)16-14(15)17(10)12-5-3-2-4-6-12/h2-6,9,11,14H,7-8,15H2,1H3. The fourth-order valence-electron chi connectivity index (χ4n) is 2.29. The summed E-state index contributed by atoms with van der Waals surface area (Å²) in [6.07, 6.45) is 4.42. The number of nitrogens with zero attached hydrogens (tertiary/aromatic N) is 2. The summed E-state index contributed by atoms with van der Waals surface area (Å²) >= 11 is 0. The number of anilines is 1. The number of hydrogen-bond acceptors (Lipinski definition) is 3. The van der Waals surface area contributed by atoms with E-state index in [4.69, 9.17) is 5.73 Å². The molecule has 3 rings (SSSR count). The van der Waals surface area contributed by atoms with Crippen molar-refractivity contribution < 1.29 is 0 Å². The van der Waals surface area contributed by atoms with Crippen LogP contribution in [0, 0.1) is 5.92 Å². The van der Waals surface area contributed by atoms with Crippen molar-refractivity contribution in [2.24, 2.45) is 16.6 Å². The van der Waals surface area contributed by atoms with Gasteiger partial charge in [-0.2, -0.15) is 0 Å². The van der Waals surface area contributed by atoms with Gasteiger partial charge in [-0.3, -0.25) is 5.73 Å². The molecule has 1 aromatic rings. The van der Waals surface area contributed by atoms with Gasteiger partial charge in [0.15, 0.2) is 6.29 Å². The van der Waals surface area contributed by atoms with Crippen molar-refractivity contribution in [1.82, 2.24) is 0 Å². The minimum atomic E-state index is -0.280. The maximum atomic E-state index is 6.15. The zero-order valence-corrected chi connectivity index (χ0v) is 10.0. The lowest BCUT2D eigenvalue weighted by molar-refractivity contribution is 0.679. The molecule has 2 aliphatic rings. The highest BCUT2D eigenvalue weighted by molar-refractivity contribution is 6.00. The summed E-state index contributed by atoms with van der Waals surface area (Å²) in [7, 11) is 0. The van der Waals surface area contributed by atoms with Crippen molar-refractivity contribution >= 4 is 11.4 Å². The molecule has 3 nitrogen and oxygen atoms in total. The topological polar surface area (TPSA) is 41.6 Å². The quantitative estimate of drug-likeness (QED) is 0.843. The van der Waals surface area contributed by atoms with E-state index in [1.54, 1.807) is 0 Å². The molecule has 1 unspecified atom stereocenters. The highest BCUT2D eigenvalue weighted by atomic mass is 15.3. The van der Waals surface area contributed by atoms with Gasteiger partial charge >= 0.3 is 0 Å². The van der Waals surface area contributed by atoms with Gasteiger partial charge < -0.3 is 4.90 Å². The molecule has 1 heterocycles. The second-order valence-corrected chi connectivity index (χ2v) is 4.73. The molecule has 1 aliphatic carbocycles. The Morgan fingerprint density at radius 3 is 2.53 bits per heavy atom. The molecule has 1 atom stereocenters. The first-order chi connectivity index (χ1) is 8.25. The van der Waals surface area contributed by atoms with Gasteiger partial charge in [0.05, 0.1) is 0 Å². The molecule has 1 aromatic carbocycles. The average Bonchev–Trinajstić information content (AvgIpc) is 3.13. The van der Waals surface area contributed by atoms with Crippen LogP contribution in [0.15, 0.2) is 47.1 Å². The summed E-state index contributed by atoms with van der Waals surface area (Å²) in [5.41, 5.74) is 9.62. The largest absolute Gasteiger partial charge is 0.311 e. The number of benzene rings is 1. The molecule has 1 fully saturated rings. The maximum absolute atomic E-state index is 6.15. The van der Waals surface area contributed by atoms with E-state index >= 15 is 0 Å². The molecule has 0 saturated heterocycles. The van der Waals surface area contributed by atoms with Crippen molar-refractivity contribution in [2.75, 3.05) is 4.90 Å². The van der Waals surface area contributed by atoms with Gasteiger partial charge in [0.25, 0.3) is 0 Å². The van der Waals surface area contributed by atoms with E-state index in [2.05, 4.69) is 35.0 Å². The Hall–Kier alpha value is -1.61. The van der Waals surface area contributed by atoms with Gasteiger partial charge in [0.1, 0.15) is 0 Å². The van der Waals surface area contributed by atoms with Crippen LogP contribution < -0.4 is 10.6 Å². The highest BCUT2D eigenvalue weighted by Gasteiger charge is 2.30. The van der Waals surface area contributed by atoms with Crippen LogP contribution in [0.4, 0.5) is 5.69 Å². The lowest BCUT2D eigenvalue weighted by atomic mass is 10.1. The molecule has 1 saturated carbocycles. The van der Waals surface area contributed by atoms with Crippen LogP contribution in [-0.4, -0.2) is 12.0 Å². The third-order valence-corrected chi connectivity index (χ3v) is 3.31. The molecule has 0 bridgehead atoms. The van der Waals surface area contributed by atoms with Crippen molar-refractivity contribution in [3.63, 3.8) is 0 Å². The molecular formula is C14H17N3. The molecule has 1 aliphatic heterocycles. The minimum Gasteiger partial charge on any atom is -0.311 e. The maximum Gasteiger partial charge on any atom is 0.177 e. The lowest BCUT2D eigenvalue weighted by Gasteiger charge is -2.32. The van der Waals surface area contributed by atoms with E-state index in [1.165, 1.54) is 24.3 Å². The number of aliphatic imine (C=N–C) groups is 1. The number of nitrogens with two attached hydrogens (primary N) is 1. The Bertz CT molecular complexity index is 472. The second kappa shape index (κ2) is 4.00. The molecule has 0 aromatic heterocycles. The normalized spacial score (nSPS) is 24.4. The molecule has 88 valence electrons. The van der Waals surface area contributed by atoms with Gasteiger partial charge in [0.2, 0.25) is 0 Å². The Morgan fingerprint density at radius 1 is 1.24 bits per heavy atom. The van der Waals surface area contributed by atoms with E-state index in [0.717, 1.165) is 5.69 Å². The first-order valence-electron chi connectivity index (χ1n) is 6.11. The van der Waals surface area contributed by atoms with Crippen molar-refractivity contribution in [3.8, 4) is 0 Å². The fraction of sp³-hybridized carbons (Fsp3) is 0.357. The molecule has 0 radical (unpaired) electrons. The van der Waals surface area contributed by atoms with Crippen LogP contribution >= 0.6 is 0 Å². The van der Waals surface area contributed by atoms with Crippen LogP contribution in [-0.2, 0) is 0 Å². The smallest absolute Gasteiger partial charge is 0.177 e. The first kappa shape index (κ1) is 10.5. The predicted octanol–water partition coefficient (Wildman–Crippen LogP) is 2.50. The predicted molar refractivity (Wildman–Crippen MR) is 70.8 cm³/mol. The number of allylic oxidation sites excluding steroid dienone is 2. The van der Waals surface area contributed by atoms with E-state index < -0.39 is 0 Å². The van der Waals surface area contributed by atoms with E-state index in [9.17, 15) is 0 Å². The summed E-state index contributed by atoms with van der Waals surface area (Å²) in [6, 6.07) is 10.2. The van der Waals surface area contributed by atoms with Crippen molar-refractivity contribution in [3.05, 3.63) is 42.1 Å². The zero-order chi connectivity index (χ0) is 11.8. The van der Waals surface area contributed by atoms with E-state index in [-0.39, 0.29) is 6.29 Å². The van der Waals surface area contributed by atoms with Gasteiger partial charge in [-0.25, -0.2) is 4.99 Å². The fourth-order valence-corrected chi connectivity index (χ4v) is 2.29. The Kier molecular flexibility index (Phi) is 2.48. The molecule has 2 N–H and O–H groups in total. The summed E-state index contributed by atoms with van der Waals surface area (Å²) in [5, 5.41) is 0. The van der Waals surface area contributed by atoms with Gasteiger partial charge in [-0.05, 0) is 38.0 Å². The third-order valence-electron chi connectivity index (χ3n) is 3.31. The van der Waals surface area contributed by atoms with Gasteiger partial charge in [0, 0.05) is 23.0 Å². The first-order valence-corrected chi connectivity index (χ1v) is 6.11. The second-order valence-electron chi connectivity index (χ2n) is 4.73. The molecule has 0 spiro atoms. The monoisotopic (exact) mass is 227 g/mol. The van der Waals surface area contributed by atoms with Crippen LogP contribution in [0.5, 0.6) is 0 Å². The molecule has 0 amide bonds. The van der Waals surface area contributed by atoms with Crippen LogP contribution in [0.2, 0.25) is 0 Å². The number of hydrogen-bond donors (Lipinski definition) is 1. The molecule has 3 heteroatoms. The van der Waals surface area contributed by atoms with Crippen LogP contribution in [0.3, 0.4) is 0 Å². The Labute approximate surface area is 102 Å². The zero-order valence-electron chi connectivity index (χ0n) is 10.0. The van der Waals surface area contributed by atoms with Crippen molar-refractivity contribution in [2.45, 2.75) is 26.1 Å². The minimum absolute atomic E-state index is 0.280. The summed E-state index contributed by atoms with van der Waals surface area (Å²) in [5.74, 6) is 0.661. The van der Waals surface area contributed by atoms with Gasteiger partial charge in [-0.15, -0.1) is 0 Å². The van der Waals surface area contributed by atoms with E-state index in [0.29, 0.717) is 5.92 Å². The molecular weight excluding hydrogens is 210 g/mol. The molecule has 17 heavy (non-hydrogen) atoms. The summed E-state index contributed by atoms with van der Waals surface area (Å²) in [6.45, 7) is 2.10. The average molecular weight is 227 g/mol. The Morgan fingerprint density at radius 2 is 1.94 bits per heavy atom. The lowest BCUT2D eigenvalue weighted by Crippen LogP contribution is -2.42. The van der Waals surface area contributed by atoms with Crippen LogP contribution in [0.25, 0.3) is 0 Å². The summed E-state index contributed by atoms with van der Waals surface area (Å²) in [4.78, 5) is 6.67. The SMILES string of the molecule is CC1=CC(C2CC2)=NC(N)N1c1ccccc1. The third kappa shape index (κ3) is 1.98. The van der Waals surface area contributed by atoms with Crippen LogP contribution in [0.1, 0.15) is 19.8 Å². The number of rotatable bonds is 2. The Balaban J connectivity index is 1.91. The number of para-hydroxylation sites is 1. The van der Waals surface area contributed by atoms with Gasteiger partial charge in [-0.1, -0.05) is 18.2 Å². The summed E-state index contributed by atoms with van der Waals surface area (Å²) < 4.78 is 0. The highest BCUT2D eigenvalue weighted by Crippen LogP contribution is 2.34. The van der Waals surface area contributed by atoms with E-state index in [1.807, 2.05) is 18.2 Å². The van der Waals surface area contributed by atoms with Crippen molar-refractivity contribution in [1.29, 1.82) is 0 Å².